The molecule has 0 radical (unpaired) electrons. The lowest BCUT2D eigenvalue weighted by Crippen LogP contribution is -2.15. The standard InChI is InChI=1S/C14H8Cl2FNO3/c15-8-4-2-6-10(11(8)14(20)21)18-13(19)7-3-1-5-9(17)12(7)16/h1-6H,(H,18,19)(H,20,21). The third kappa shape index (κ3) is 3.15. The number of rotatable bonds is 3. The lowest BCUT2D eigenvalue weighted by atomic mass is 10.1. The van der Waals surface area contributed by atoms with Crippen molar-refractivity contribution in [2.45, 2.75) is 0 Å². The van der Waals surface area contributed by atoms with Gasteiger partial charge in [-0.25, -0.2) is 9.18 Å². The molecule has 0 saturated heterocycles. The van der Waals surface area contributed by atoms with Gasteiger partial charge in [0, 0.05) is 0 Å². The Morgan fingerprint density at radius 1 is 1.10 bits per heavy atom. The van der Waals surface area contributed by atoms with Gasteiger partial charge >= 0.3 is 5.97 Å². The molecule has 1 amide bonds. The molecule has 0 heterocycles. The summed E-state index contributed by atoms with van der Waals surface area (Å²) in [5.74, 6) is -2.76. The van der Waals surface area contributed by atoms with E-state index >= 15 is 0 Å². The van der Waals surface area contributed by atoms with Crippen LogP contribution in [-0.2, 0) is 0 Å². The van der Waals surface area contributed by atoms with Gasteiger partial charge in [0.1, 0.15) is 11.4 Å². The summed E-state index contributed by atoms with van der Waals surface area (Å²) >= 11 is 11.5. The summed E-state index contributed by atoms with van der Waals surface area (Å²) in [6.07, 6.45) is 0. The Labute approximate surface area is 129 Å². The summed E-state index contributed by atoms with van der Waals surface area (Å²) in [6.45, 7) is 0. The van der Waals surface area contributed by atoms with Gasteiger partial charge in [0.2, 0.25) is 0 Å². The smallest absolute Gasteiger partial charge is 0.339 e. The van der Waals surface area contributed by atoms with Crippen molar-refractivity contribution in [3.05, 3.63) is 63.4 Å². The number of halogens is 3. The number of carbonyl (C=O) groups is 2. The zero-order valence-electron chi connectivity index (χ0n) is 10.4. The molecule has 0 aliphatic carbocycles. The Morgan fingerprint density at radius 3 is 2.43 bits per heavy atom. The first-order valence-corrected chi connectivity index (χ1v) is 6.44. The number of carboxylic acid groups (broad SMARTS) is 1. The summed E-state index contributed by atoms with van der Waals surface area (Å²) in [5.41, 5.74) is -0.353. The van der Waals surface area contributed by atoms with Crippen molar-refractivity contribution in [3.8, 4) is 0 Å². The minimum absolute atomic E-state index is 0.000304. The fraction of sp³-hybridized carbons (Fsp3) is 0. The van der Waals surface area contributed by atoms with Gasteiger partial charge in [0.25, 0.3) is 5.91 Å². The normalized spacial score (nSPS) is 10.2. The lowest BCUT2D eigenvalue weighted by Gasteiger charge is -2.10. The van der Waals surface area contributed by atoms with Gasteiger partial charge < -0.3 is 10.4 Å². The molecule has 2 N–H and O–H groups in total. The minimum Gasteiger partial charge on any atom is -0.478 e. The maximum Gasteiger partial charge on any atom is 0.339 e. The third-order valence-corrected chi connectivity index (χ3v) is 3.37. The number of hydrogen-bond donors (Lipinski definition) is 2. The highest BCUT2D eigenvalue weighted by molar-refractivity contribution is 6.35. The molecule has 0 unspecified atom stereocenters. The Balaban J connectivity index is 2.39. The number of carboxylic acids is 1. The Kier molecular flexibility index (Phi) is 4.45. The molecular formula is C14H8Cl2FNO3. The SMILES string of the molecule is O=C(Nc1cccc(Cl)c1C(=O)O)c1cccc(F)c1Cl. The van der Waals surface area contributed by atoms with E-state index in [1.807, 2.05) is 0 Å². The fourth-order valence-corrected chi connectivity index (χ4v) is 2.18. The number of hydrogen-bond acceptors (Lipinski definition) is 2. The maximum atomic E-state index is 13.3. The van der Waals surface area contributed by atoms with Crippen LogP contribution in [-0.4, -0.2) is 17.0 Å². The molecule has 2 aromatic rings. The van der Waals surface area contributed by atoms with E-state index < -0.39 is 17.7 Å². The summed E-state index contributed by atoms with van der Waals surface area (Å²) in [4.78, 5) is 23.2. The van der Waals surface area contributed by atoms with E-state index in [0.29, 0.717) is 0 Å². The van der Waals surface area contributed by atoms with Crippen LogP contribution in [0.5, 0.6) is 0 Å². The van der Waals surface area contributed by atoms with Crippen molar-refractivity contribution < 1.29 is 19.1 Å². The molecular weight excluding hydrogens is 320 g/mol. The monoisotopic (exact) mass is 327 g/mol. The van der Waals surface area contributed by atoms with Gasteiger partial charge in [-0.3, -0.25) is 4.79 Å². The minimum atomic E-state index is -1.29. The Bertz CT molecular complexity index is 734. The quantitative estimate of drug-likeness (QED) is 0.892. The van der Waals surface area contributed by atoms with Gasteiger partial charge in [-0.2, -0.15) is 0 Å². The van der Waals surface area contributed by atoms with Gasteiger partial charge in [0.15, 0.2) is 0 Å². The largest absolute Gasteiger partial charge is 0.478 e. The average Bonchev–Trinajstić information content (AvgIpc) is 2.41. The van der Waals surface area contributed by atoms with Crippen LogP contribution in [0.15, 0.2) is 36.4 Å². The maximum absolute atomic E-state index is 13.3. The van der Waals surface area contributed by atoms with Crippen LogP contribution in [0.2, 0.25) is 10.0 Å². The van der Waals surface area contributed by atoms with Gasteiger partial charge in [0.05, 0.1) is 21.3 Å². The van der Waals surface area contributed by atoms with Crippen LogP contribution in [0.25, 0.3) is 0 Å². The molecule has 0 aliphatic heterocycles. The number of carbonyl (C=O) groups excluding carboxylic acids is 1. The van der Waals surface area contributed by atoms with Crippen LogP contribution in [0.4, 0.5) is 10.1 Å². The Hall–Kier alpha value is -2.11. The summed E-state index contributed by atoms with van der Waals surface area (Å²) in [5, 5.41) is 11.1. The van der Waals surface area contributed by atoms with Crippen LogP contribution in [0.3, 0.4) is 0 Å². The van der Waals surface area contributed by atoms with E-state index in [0.717, 1.165) is 6.07 Å². The molecule has 2 aromatic carbocycles. The molecule has 4 nitrogen and oxygen atoms in total. The zero-order chi connectivity index (χ0) is 15.6. The molecule has 7 heteroatoms. The van der Waals surface area contributed by atoms with Crippen molar-refractivity contribution in [2.24, 2.45) is 0 Å². The third-order valence-electron chi connectivity index (χ3n) is 2.67. The van der Waals surface area contributed by atoms with Crippen LogP contribution in [0.1, 0.15) is 20.7 Å². The molecule has 21 heavy (non-hydrogen) atoms. The van der Waals surface area contributed by atoms with Gasteiger partial charge in [-0.1, -0.05) is 35.3 Å². The van der Waals surface area contributed by atoms with Gasteiger partial charge in [-0.15, -0.1) is 0 Å². The number of benzene rings is 2. The summed E-state index contributed by atoms with van der Waals surface area (Å²) in [6, 6.07) is 8.01. The molecule has 0 bridgehead atoms. The molecule has 0 aromatic heterocycles. The predicted molar refractivity (Wildman–Crippen MR) is 77.8 cm³/mol. The van der Waals surface area contributed by atoms with Crippen LogP contribution < -0.4 is 5.32 Å². The lowest BCUT2D eigenvalue weighted by molar-refractivity contribution is 0.0698. The first-order valence-electron chi connectivity index (χ1n) is 5.69. The highest BCUT2D eigenvalue weighted by atomic mass is 35.5. The number of nitrogens with one attached hydrogen (secondary N) is 1. The Morgan fingerprint density at radius 2 is 1.76 bits per heavy atom. The van der Waals surface area contributed by atoms with Crippen LogP contribution >= 0.6 is 23.2 Å². The van der Waals surface area contributed by atoms with E-state index in [1.165, 1.54) is 30.3 Å². The second kappa shape index (κ2) is 6.11. The predicted octanol–water partition coefficient (Wildman–Crippen LogP) is 4.08. The summed E-state index contributed by atoms with van der Waals surface area (Å²) in [7, 11) is 0. The molecule has 0 spiro atoms. The highest BCUT2D eigenvalue weighted by Crippen LogP contribution is 2.26. The highest BCUT2D eigenvalue weighted by Gasteiger charge is 2.19. The molecule has 0 fully saturated rings. The summed E-state index contributed by atoms with van der Waals surface area (Å²) < 4.78 is 13.3. The van der Waals surface area contributed by atoms with E-state index in [-0.39, 0.29) is 26.9 Å². The number of amides is 1. The first-order chi connectivity index (χ1) is 9.91. The second-order valence-electron chi connectivity index (χ2n) is 4.02. The number of aromatic carboxylic acids is 1. The topological polar surface area (TPSA) is 66.4 Å². The van der Waals surface area contributed by atoms with E-state index in [9.17, 15) is 14.0 Å². The molecule has 108 valence electrons. The van der Waals surface area contributed by atoms with Crippen molar-refractivity contribution in [1.29, 1.82) is 0 Å². The van der Waals surface area contributed by atoms with Gasteiger partial charge in [-0.05, 0) is 24.3 Å². The second-order valence-corrected chi connectivity index (χ2v) is 4.81. The molecule has 0 atom stereocenters. The zero-order valence-corrected chi connectivity index (χ0v) is 11.9. The molecule has 0 saturated carbocycles. The molecule has 0 aliphatic rings. The van der Waals surface area contributed by atoms with Crippen LogP contribution in [0, 0.1) is 5.82 Å². The average molecular weight is 328 g/mol. The first kappa shape index (κ1) is 15.3. The van der Waals surface area contributed by atoms with Crippen molar-refractivity contribution in [3.63, 3.8) is 0 Å². The van der Waals surface area contributed by atoms with Crippen molar-refractivity contribution in [2.75, 3.05) is 5.32 Å². The van der Waals surface area contributed by atoms with Crippen molar-refractivity contribution in [1.82, 2.24) is 0 Å². The molecule has 2 rings (SSSR count). The van der Waals surface area contributed by atoms with E-state index in [2.05, 4.69) is 5.32 Å². The fourth-order valence-electron chi connectivity index (χ4n) is 1.71. The van der Waals surface area contributed by atoms with Crippen molar-refractivity contribution >= 4 is 40.8 Å². The van der Waals surface area contributed by atoms with E-state index in [4.69, 9.17) is 28.3 Å². The number of anilines is 1. The van der Waals surface area contributed by atoms with E-state index in [1.54, 1.807) is 0 Å².